The van der Waals surface area contributed by atoms with Gasteiger partial charge in [-0.1, -0.05) is 19.1 Å². The van der Waals surface area contributed by atoms with Crippen LogP contribution in [0.4, 0.5) is 0 Å². The van der Waals surface area contributed by atoms with Crippen LogP contribution in [0.2, 0.25) is 0 Å². The molecule has 0 aliphatic heterocycles. The summed E-state index contributed by atoms with van der Waals surface area (Å²) in [6, 6.07) is 8.23. The first kappa shape index (κ1) is 23.7. The standard InChI is InChI=1S/C20H30N4OS.HI/c1-4-18-15-24-19(26-18)11-13-23-20(21-5-2)22-12-7-9-16-8-6-10-17(14-16)25-3;/h6,8,10,14-15H,4-5,7,9,11-13H2,1-3H3,(H2,21,22,23);1H. The van der Waals surface area contributed by atoms with E-state index >= 15 is 0 Å². The van der Waals surface area contributed by atoms with Crippen molar-refractivity contribution in [2.75, 3.05) is 26.7 Å². The largest absolute Gasteiger partial charge is 0.497 e. The van der Waals surface area contributed by atoms with Crippen LogP contribution >= 0.6 is 35.3 Å². The third-order valence-corrected chi connectivity index (χ3v) is 5.15. The average molecular weight is 502 g/mol. The molecule has 0 spiro atoms. The van der Waals surface area contributed by atoms with E-state index in [-0.39, 0.29) is 24.0 Å². The van der Waals surface area contributed by atoms with Gasteiger partial charge in [-0.3, -0.25) is 4.99 Å². The van der Waals surface area contributed by atoms with Crippen LogP contribution in [0, 0.1) is 0 Å². The molecule has 5 nitrogen and oxygen atoms in total. The van der Waals surface area contributed by atoms with Crippen molar-refractivity contribution in [2.24, 2.45) is 4.99 Å². The number of guanidine groups is 1. The van der Waals surface area contributed by atoms with Crippen LogP contribution in [0.25, 0.3) is 0 Å². The van der Waals surface area contributed by atoms with E-state index in [1.165, 1.54) is 15.4 Å². The van der Waals surface area contributed by atoms with Gasteiger partial charge in [0.2, 0.25) is 0 Å². The van der Waals surface area contributed by atoms with E-state index < -0.39 is 0 Å². The van der Waals surface area contributed by atoms with Gasteiger partial charge in [0.05, 0.1) is 12.1 Å². The highest BCUT2D eigenvalue weighted by Crippen LogP contribution is 2.14. The Morgan fingerprint density at radius 2 is 2.07 bits per heavy atom. The Balaban J connectivity index is 0.00000364. The summed E-state index contributed by atoms with van der Waals surface area (Å²) in [6.45, 7) is 6.75. The van der Waals surface area contributed by atoms with Gasteiger partial charge in [0.1, 0.15) is 5.75 Å². The second kappa shape index (κ2) is 13.8. The van der Waals surface area contributed by atoms with Gasteiger partial charge in [-0.2, -0.15) is 0 Å². The molecule has 0 atom stereocenters. The van der Waals surface area contributed by atoms with Crippen molar-refractivity contribution >= 4 is 41.3 Å². The highest BCUT2D eigenvalue weighted by molar-refractivity contribution is 14.0. The van der Waals surface area contributed by atoms with Crippen LogP contribution < -0.4 is 15.4 Å². The summed E-state index contributed by atoms with van der Waals surface area (Å²) >= 11 is 1.80. The van der Waals surface area contributed by atoms with E-state index in [4.69, 9.17) is 4.74 Å². The van der Waals surface area contributed by atoms with Crippen LogP contribution in [0.5, 0.6) is 5.75 Å². The normalized spacial score (nSPS) is 11.0. The van der Waals surface area contributed by atoms with Crippen LogP contribution in [-0.2, 0) is 19.3 Å². The number of nitrogens with zero attached hydrogens (tertiary/aromatic N) is 2. The van der Waals surface area contributed by atoms with Gasteiger partial charge >= 0.3 is 0 Å². The smallest absolute Gasteiger partial charge is 0.191 e. The topological polar surface area (TPSA) is 58.5 Å². The Labute approximate surface area is 184 Å². The molecule has 7 heteroatoms. The molecular formula is C20H31IN4OS. The predicted molar refractivity (Wildman–Crippen MR) is 126 cm³/mol. The highest BCUT2D eigenvalue weighted by atomic mass is 127. The lowest BCUT2D eigenvalue weighted by atomic mass is 10.1. The first-order valence-corrected chi connectivity index (χ1v) is 10.2. The fourth-order valence-electron chi connectivity index (χ4n) is 2.56. The fraction of sp³-hybridized carbons (Fsp3) is 0.500. The molecule has 0 saturated heterocycles. The molecule has 0 radical (unpaired) electrons. The molecule has 0 unspecified atom stereocenters. The molecule has 1 aromatic carbocycles. The number of hydrogen-bond acceptors (Lipinski definition) is 4. The zero-order chi connectivity index (χ0) is 18.6. The summed E-state index contributed by atoms with van der Waals surface area (Å²) in [5.41, 5.74) is 1.29. The van der Waals surface area contributed by atoms with E-state index in [9.17, 15) is 0 Å². The number of nitrogens with one attached hydrogen (secondary N) is 2. The molecular weight excluding hydrogens is 471 g/mol. The Kier molecular flexibility index (Phi) is 12.1. The minimum atomic E-state index is 0. The van der Waals surface area contributed by atoms with Gasteiger partial charge < -0.3 is 15.4 Å². The number of methoxy groups -OCH3 is 1. The SMILES string of the molecule is CCNC(=NCCCc1cccc(OC)c1)NCCc1ncc(CC)s1.I. The minimum Gasteiger partial charge on any atom is -0.497 e. The number of halogens is 1. The zero-order valence-electron chi connectivity index (χ0n) is 16.5. The molecule has 27 heavy (non-hydrogen) atoms. The molecule has 2 aromatic rings. The molecule has 0 amide bonds. The number of aliphatic imine (C=N–C) groups is 1. The number of thiazole rings is 1. The van der Waals surface area contributed by atoms with Crippen LogP contribution in [0.1, 0.15) is 35.7 Å². The second-order valence-electron chi connectivity index (χ2n) is 5.97. The minimum absolute atomic E-state index is 0. The Morgan fingerprint density at radius 1 is 1.22 bits per heavy atom. The quantitative estimate of drug-likeness (QED) is 0.223. The first-order valence-electron chi connectivity index (χ1n) is 9.33. The zero-order valence-corrected chi connectivity index (χ0v) is 19.6. The van der Waals surface area contributed by atoms with Gasteiger partial charge in [0.15, 0.2) is 5.96 Å². The van der Waals surface area contributed by atoms with Crippen molar-refractivity contribution in [1.82, 2.24) is 15.6 Å². The van der Waals surface area contributed by atoms with E-state index in [1.807, 2.05) is 18.3 Å². The van der Waals surface area contributed by atoms with E-state index in [0.717, 1.165) is 57.0 Å². The Hall–Kier alpha value is -1.35. The first-order chi connectivity index (χ1) is 12.7. The maximum atomic E-state index is 5.27. The lowest BCUT2D eigenvalue weighted by molar-refractivity contribution is 0.414. The molecule has 0 fully saturated rings. The number of aromatic nitrogens is 1. The van der Waals surface area contributed by atoms with E-state index in [0.29, 0.717) is 0 Å². The molecule has 1 heterocycles. The highest BCUT2D eigenvalue weighted by Gasteiger charge is 2.02. The summed E-state index contributed by atoms with van der Waals surface area (Å²) in [7, 11) is 1.70. The lowest BCUT2D eigenvalue weighted by Gasteiger charge is -2.10. The summed E-state index contributed by atoms with van der Waals surface area (Å²) in [4.78, 5) is 10.5. The van der Waals surface area contributed by atoms with Crippen molar-refractivity contribution in [1.29, 1.82) is 0 Å². The molecule has 0 aliphatic carbocycles. The summed E-state index contributed by atoms with van der Waals surface area (Å²) in [6.07, 6.45) is 5.98. The van der Waals surface area contributed by atoms with Crippen molar-refractivity contribution in [3.05, 3.63) is 45.9 Å². The van der Waals surface area contributed by atoms with Crippen molar-refractivity contribution in [3.63, 3.8) is 0 Å². The molecule has 0 saturated carbocycles. The van der Waals surface area contributed by atoms with E-state index in [1.54, 1.807) is 18.4 Å². The number of rotatable bonds is 10. The number of hydrogen-bond donors (Lipinski definition) is 2. The lowest BCUT2D eigenvalue weighted by Crippen LogP contribution is -2.38. The number of benzene rings is 1. The maximum absolute atomic E-state index is 5.27. The third kappa shape index (κ3) is 8.92. The van der Waals surface area contributed by atoms with E-state index in [2.05, 4.69) is 46.6 Å². The summed E-state index contributed by atoms with van der Waals surface area (Å²) in [5, 5.41) is 7.89. The predicted octanol–water partition coefficient (Wildman–Crippen LogP) is 4.06. The van der Waals surface area contributed by atoms with Crippen LogP contribution in [0.3, 0.4) is 0 Å². The van der Waals surface area contributed by atoms with Gasteiger partial charge in [0, 0.05) is 37.1 Å². The molecule has 2 rings (SSSR count). The summed E-state index contributed by atoms with van der Waals surface area (Å²) < 4.78 is 5.27. The Bertz CT molecular complexity index is 690. The fourth-order valence-corrected chi connectivity index (χ4v) is 3.42. The monoisotopic (exact) mass is 502 g/mol. The second-order valence-corrected chi connectivity index (χ2v) is 7.17. The van der Waals surface area contributed by atoms with Crippen molar-refractivity contribution < 1.29 is 4.74 Å². The molecule has 0 aliphatic rings. The van der Waals surface area contributed by atoms with Gasteiger partial charge in [-0.05, 0) is 43.9 Å². The Morgan fingerprint density at radius 3 is 2.78 bits per heavy atom. The third-order valence-electron chi connectivity index (χ3n) is 3.95. The van der Waals surface area contributed by atoms with Gasteiger partial charge in [0.25, 0.3) is 0 Å². The average Bonchev–Trinajstić information content (AvgIpc) is 3.13. The molecule has 1 aromatic heterocycles. The van der Waals surface area contributed by atoms with Crippen LogP contribution in [-0.4, -0.2) is 37.7 Å². The van der Waals surface area contributed by atoms with Crippen LogP contribution in [0.15, 0.2) is 35.5 Å². The molecule has 2 N–H and O–H groups in total. The van der Waals surface area contributed by atoms with Gasteiger partial charge in [-0.15, -0.1) is 35.3 Å². The van der Waals surface area contributed by atoms with Gasteiger partial charge in [-0.25, -0.2) is 4.98 Å². The number of ether oxygens (including phenoxy) is 1. The summed E-state index contributed by atoms with van der Waals surface area (Å²) in [5.74, 6) is 1.79. The van der Waals surface area contributed by atoms with Crippen molar-refractivity contribution in [3.8, 4) is 5.75 Å². The molecule has 0 bridgehead atoms. The maximum Gasteiger partial charge on any atom is 0.191 e. The van der Waals surface area contributed by atoms with Crippen molar-refractivity contribution in [2.45, 2.75) is 39.5 Å². The molecule has 150 valence electrons. The number of aryl methyl sites for hydroxylation is 2.